The van der Waals surface area contributed by atoms with Gasteiger partial charge in [-0.15, -0.1) is 0 Å². The van der Waals surface area contributed by atoms with Gasteiger partial charge in [0, 0.05) is 0 Å². The fourth-order valence-electron chi connectivity index (χ4n) is 1.01. The van der Waals surface area contributed by atoms with E-state index in [9.17, 15) is 8.42 Å². The van der Waals surface area contributed by atoms with Crippen molar-refractivity contribution in [2.75, 3.05) is 0 Å². The second-order valence-electron chi connectivity index (χ2n) is 3.39. The molecular weight excluding hydrogens is 284 g/mol. The maximum Gasteiger partial charge on any atom is 0.298 e. The number of benzene rings is 1. The number of alkyl halides is 1. The number of hydrogen-bond donors (Lipinski definition) is 1. The number of hydrogen-bond acceptors (Lipinski definition) is 3. The van der Waals surface area contributed by atoms with Crippen molar-refractivity contribution in [3.05, 3.63) is 24.3 Å². The summed E-state index contributed by atoms with van der Waals surface area (Å²) in [7, 11) is -4.25. The average Bonchev–Trinajstić information content (AvgIpc) is 1.99. The summed E-state index contributed by atoms with van der Waals surface area (Å²) in [6.07, 6.45) is 0. The van der Waals surface area contributed by atoms with E-state index in [0.29, 0.717) is 0 Å². The Bertz CT molecular complexity index is 447. The van der Waals surface area contributed by atoms with E-state index in [-0.39, 0.29) is 10.6 Å². The van der Waals surface area contributed by atoms with Crippen molar-refractivity contribution in [3.8, 4) is 5.75 Å². The minimum Gasteiger partial charge on any atom is -0.475 e. The van der Waals surface area contributed by atoms with Crippen LogP contribution in [0.5, 0.6) is 5.75 Å². The molecule has 84 valence electrons. The maximum absolute atomic E-state index is 11.0. The van der Waals surface area contributed by atoms with Gasteiger partial charge in [0.15, 0.2) is 4.51 Å². The maximum atomic E-state index is 11.0. The highest BCUT2D eigenvalue weighted by molar-refractivity contribution is 9.10. The largest absolute Gasteiger partial charge is 0.475 e. The van der Waals surface area contributed by atoms with Gasteiger partial charge in [-0.1, -0.05) is 12.1 Å². The minimum absolute atomic E-state index is 0.113. The van der Waals surface area contributed by atoms with Crippen molar-refractivity contribution in [1.82, 2.24) is 0 Å². The highest BCUT2D eigenvalue weighted by Gasteiger charge is 2.21. The highest BCUT2D eigenvalue weighted by atomic mass is 79.9. The average molecular weight is 295 g/mol. The van der Waals surface area contributed by atoms with Crippen molar-refractivity contribution >= 4 is 26.0 Å². The zero-order chi connectivity index (χ0) is 11.7. The molecule has 0 saturated heterocycles. The summed E-state index contributed by atoms with van der Waals surface area (Å²) in [6, 6.07) is 5.90. The van der Waals surface area contributed by atoms with Gasteiger partial charge in [-0.25, -0.2) is 0 Å². The summed E-state index contributed by atoms with van der Waals surface area (Å²) in [5.74, 6) is 0.113. The molecule has 0 spiro atoms. The Kier molecular flexibility index (Phi) is 3.42. The first-order chi connectivity index (χ1) is 6.70. The van der Waals surface area contributed by atoms with Crippen LogP contribution in [0.25, 0.3) is 0 Å². The molecule has 1 rings (SSSR count). The molecule has 6 heteroatoms. The van der Waals surface area contributed by atoms with Gasteiger partial charge in [-0.2, -0.15) is 8.42 Å². The van der Waals surface area contributed by atoms with Gasteiger partial charge < -0.3 is 4.74 Å². The van der Waals surface area contributed by atoms with Crippen LogP contribution in [-0.2, 0) is 10.1 Å². The van der Waals surface area contributed by atoms with Gasteiger partial charge in [-0.05, 0) is 41.9 Å². The van der Waals surface area contributed by atoms with E-state index >= 15 is 0 Å². The van der Waals surface area contributed by atoms with Gasteiger partial charge in [-0.3, -0.25) is 4.55 Å². The zero-order valence-electron chi connectivity index (χ0n) is 8.27. The lowest BCUT2D eigenvalue weighted by molar-refractivity contribution is 0.208. The number of halogens is 1. The number of para-hydroxylation sites is 1. The molecule has 0 unspecified atom stereocenters. The zero-order valence-corrected chi connectivity index (χ0v) is 10.7. The van der Waals surface area contributed by atoms with E-state index in [0.717, 1.165) is 0 Å². The molecule has 1 aromatic rings. The standard InChI is InChI=1S/C9H11BrO4S/c1-9(2,10)14-7-5-3-4-6-8(7)15(11,12)13/h3-6H,1-2H3,(H,11,12,13). The summed E-state index contributed by atoms with van der Waals surface area (Å²) < 4.78 is 35.6. The Balaban J connectivity index is 3.20. The Hall–Kier alpha value is -0.590. The molecule has 1 aromatic carbocycles. The van der Waals surface area contributed by atoms with Crippen molar-refractivity contribution < 1.29 is 17.7 Å². The van der Waals surface area contributed by atoms with Crippen LogP contribution in [0.4, 0.5) is 0 Å². The van der Waals surface area contributed by atoms with Crippen LogP contribution in [0.1, 0.15) is 13.8 Å². The van der Waals surface area contributed by atoms with Crippen LogP contribution >= 0.6 is 15.9 Å². The van der Waals surface area contributed by atoms with Crippen molar-refractivity contribution in [1.29, 1.82) is 0 Å². The van der Waals surface area contributed by atoms with Crippen molar-refractivity contribution in [2.45, 2.75) is 23.3 Å². The van der Waals surface area contributed by atoms with Gasteiger partial charge >= 0.3 is 0 Å². The molecule has 0 aliphatic rings. The molecule has 4 nitrogen and oxygen atoms in total. The third kappa shape index (κ3) is 3.81. The van der Waals surface area contributed by atoms with Crippen molar-refractivity contribution in [2.24, 2.45) is 0 Å². The molecule has 0 aliphatic heterocycles. The SMILES string of the molecule is CC(C)(Br)Oc1ccccc1S(=O)(=O)O. The lowest BCUT2D eigenvalue weighted by atomic mass is 10.3. The van der Waals surface area contributed by atoms with E-state index < -0.39 is 14.6 Å². The summed E-state index contributed by atoms with van der Waals surface area (Å²) in [4.78, 5) is -0.238. The second kappa shape index (κ2) is 4.11. The molecular formula is C9H11BrO4S. The monoisotopic (exact) mass is 294 g/mol. The van der Waals surface area contributed by atoms with E-state index in [4.69, 9.17) is 9.29 Å². The van der Waals surface area contributed by atoms with Gasteiger partial charge in [0.1, 0.15) is 10.6 Å². The van der Waals surface area contributed by atoms with E-state index in [1.54, 1.807) is 19.9 Å². The van der Waals surface area contributed by atoms with Crippen LogP contribution in [0, 0.1) is 0 Å². The molecule has 0 bridgehead atoms. The van der Waals surface area contributed by atoms with Crippen molar-refractivity contribution in [3.63, 3.8) is 0 Å². The predicted molar refractivity (Wildman–Crippen MR) is 59.9 cm³/mol. The first kappa shape index (κ1) is 12.5. The molecule has 0 radical (unpaired) electrons. The fraction of sp³-hybridized carbons (Fsp3) is 0.333. The molecule has 0 saturated carbocycles. The first-order valence-electron chi connectivity index (χ1n) is 4.14. The Morgan fingerprint density at radius 1 is 1.33 bits per heavy atom. The molecule has 0 aliphatic carbocycles. The van der Waals surface area contributed by atoms with Crippen LogP contribution in [0.15, 0.2) is 29.2 Å². The Labute approximate surface area is 97.1 Å². The number of rotatable bonds is 3. The van der Waals surface area contributed by atoms with E-state index in [1.807, 2.05) is 0 Å². The summed E-state index contributed by atoms with van der Waals surface area (Å²) in [5, 5.41) is 0. The third-order valence-corrected chi connectivity index (χ3v) is 2.53. The normalized spacial score (nSPS) is 12.5. The molecule has 1 N–H and O–H groups in total. The lowest BCUT2D eigenvalue weighted by Gasteiger charge is -2.20. The molecule has 0 aromatic heterocycles. The van der Waals surface area contributed by atoms with Gasteiger partial charge in [0.2, 0.25) is 0 Å². The van der Waals surface area contributed by atoms with E-state index in [2.05, 4.69) is 15.9 Å². The first-order valence-corrected chi connectivity index (χ1v) is 6.38. The fourth-order valence-corrected chi connectivity index (χ4v) is 1.80. The smallest absolute Gasteiger partial charge is 0.298 e. The van der Waals surface area contributed by atoms with Crippen LogP contribution in [0.2, 0.25) is 0 Å². The topological polar surface area (TPSA) is 63.6 Å². The van der Waals surface area contributed by atoms with Gasteiger partial charge in [0.05, 0.1) is 0 Å². The Morgan fingerprint density at radius 3 is 2.33 bits per heavy atom. The van der Waals surface area contributed by atoms with Crippen LogP contribution in [-0.4, -0.2) is 17.5 Å². The van der Waals surface area contributed by atoms with E-state index in [1.165, 1.54) is 18.2 Å². The van der Waals surface area contributed by atoms with Gasteiger partial charge in [0.25, 0.3) is 10.1 Å². The van der Waals surface area contributed by atoms with Crippen LogP contribution < -0.4 is 4.74 Å². The third-order valence-electron chi connectivity index (χ3n) is 1.48. The Morgan fingerprint density at radius 2 is 1.87 bits per heavy atom. The highest BCUT2D eigenvalue weighted by Crippen LogP contribution is 2.29. The quantitative estimate of drug-likeness (QED) is 0.687. The second-order valence-corrected chi connectivity index (χ2v) is 6.69. The molecule has 0 amide bonds. The molecule has 15 heavy (non-hydrogen) atoms. The molecule has 0 fully saturated rings. The molecule has 0 heterocycles. The lowest BCUT2D eigenvalue weighted by Crippen LogP contribution is -2.20. The minimum atomic E-state index is -4.25. The molecule has 0 atom stereocenters. The summed E-state index contributed by atoms with van der Waals surface area (Å²) in [6.45, 7) is 3.43. The number of ether oxygens (including phenoxy) is 1. The predicted octanol–water partition coefficient (Wildman–Crippen LogP) is 2.44. The summed E-state index contributed by atoms with van der Waals surface area (Å²) in [5.41, 5.74) is 0. The van der Waals surface area contributed by atoms with Crippen LogP contribution in [0.3, 0.4) is 0 Å². The summed E-state index contributed by atoms with van der Waals surface area (Å²) >= 11 is 3.22.